The lowest BCUT2D eigenvalue weighted by Gasteiger charge is -1.99. The number of halogens is 1. The van der Waals surface area contributed by atoms with Gasteiger partial charge in [-0.2, -0.15) is 0 Å². The molecule has 1 aromatic heterocycles. The molecule has 1 heterocycles. The highest BCUT2D eigenvalue weighted by Crippen LogP contribution is 2.24. The van der Waals surface area contributed by atoms with Gasteiger partial charge in [0.05, 0.1) is 18.7 Å². The van der Waals surface area contributed by atoms with Gasteiger partial charge < -0.3 is 9.67 Å². The van der Waals surface area contributed by atoms with E-state index < -0.39 is 0 Å². The van der Waals surface area contributed by atoms with Crippen LogP contribution in [0.1, 0.15) is 12.5 Å². The third-order valence-corrected chi connectivity index (χ3v) is 2.76. The van der Waals surface area contributed by atoms with Crippen molar-refractivity contribution < 1.29 is 5.11 Å². The average Bonchev–Trinajstić information content (AvgIpc) is 2.64. The van der Waals surface area contributed by atoms with Crippen LogP contribution in [0.25, 0.3) is 10.9 Å². The monoisotopic (exact) mass is 233 g/mol. The van der Waals surface area contributed by atoms with Gasteiger partial charge in [-0.25, -0.2) is 0 Å². The highest BCUT2D eigenvalue weighted by atomic mass is 35.5. The molecule has 2 rings (SSSR count). The van der Waals surface area contributed by atoms with Crippen LogP contribution in [-0.2, 0) is 13.2 Å². The van der Waals surface area contributed by atoms with E-state index in [9.17, 15) is 5.11 Å². The standard InChI is InChI=1S/C13H12ClNO/c1-2-3-6-15-8-10(9-16)12-5-4-11(14)7-13(12)15/h4-5,7-8,16H,6,9H2,1H3. The van der Waals surface area contributed by atoms with E-state index in [-0.39, 0.29) is 6.61 Å². The SMILES string of the molecule is CC#CCn1cc(CO)c2ccc(Cl)cc21. The molecule has 0 aliphatic heterocycles. The number of rotatable bonds is 2. The van der Waals surface area contributed by atoms with Crippen LogP contribution in [0.4, 0.5) is 0 Å². The molecule has 2 nitrogen and oxygen atoms in total. The van der Waals surface area contributed by atoms with Crippen LogP contribution in [0.15, 0.2) is 24.4 Å². The van der Waals surface area contributed by atoms with Crippen LogP contribution < -0.4 is 0 Å². The minimum atomic E-state index is 0.0324. The molecule has 16 heavy (non-hydrogen) atoms. The molecule has 0 spiro atoms. The summed E-state index contributed by atoms with van der Waals surface area (Å²) >= 11 is 5.97. The van der Waals surface area contributed by atoms with Gasteiger partial charge in [0, 0.05) is 22.2 Å². The summed E-state index contributed by atoms with van der Waals surface area (Å²) in [4.78, 5) is 0. The third-order valence-electron chi connectivity index (χ3n) is 2.52. The number of hydrogen-bond acceptors (Lipinski definition) is 1. The van der Waals surface area contributed by atoms with Crippen LogP contribution in [-0.4, -0.2) is 9.67 Å². The van der Waals surface area contributed by atoms with Gasteiger partial charge in [-0.15, -0.1) is 5.92 Å². The van der Waals surface area contributed by atoms with Crippen LogP contribution >= 0.6 is 11.6 Å². The molecule has 2 aromatic rings. The molecule has 0 fully saturated rings. The minimum absolute atomic E-state index is 0.0324. The summed E-state index contributed by atoms with van der Waals surface area (Å²) in [6, 6.07) is 5.66. The molecule has 82 valence electrons. The molecule has 1 N–H and O–H groups in total. The Bertz CT molecular complexity index is 575. The van der Waals surface area contributed by atoms with Crippen molar-refractivity contribution in [3.05, 3.63) is 35.0 Å². The summed E-state index contributed by atoms with van der Waals surface area (Å²) < 4.78 is 2.00. The zero-order valence-corrected chi connectivity index (χ0v) is 9.75. The van der Waals surface area contributed by atoms with Gasteiger partial charge in [-0.3, -0.25) is 0 Å². The quantitative estimate of drug-likeness (QED) is 0.793. The smallest absolute Gasteiger partial charge is 0.0837 e. The van der Waals surface area contributed by atoms with Crippen LogP contribution in [0.3, 0.4) is 0 Å². The van der Waals surface area contributed by atoms with Gasteiger partial charge >= 0.3 is 0 Å². The van der Waals surface area contributed by atoms with E-state index in [1.54, 1.807) is 0 Å². The topological polar surface area (TPSA) is 25.2 Å². The molecule has 1 aromatic carbocycles. The first kappa shape index (κ1) is 11.1. The zero-order chi connectivity index (χ0) is 11.5. The van der Waals surface area contributed by atoms with Crippen LogP contribution in [0, 0.1) is 11.8 Å². The first-order valence-corrected chi connectivity index (χ1v) is 5.42. The van der Waals surface area contributed by atoms with Crippen molar-refractivity contribution in [1.29, 1.82) is 0 Å². The van der Waals surface area contributed by atoms with Gasteiger partial charge in [0.2, 0.25) is 0 Å². The van der Waals surface area contributed by atoms with E-state index in [0.29, 0.717) is 11.6 Å². The lowest BCUT2D eigenvalue weighted by Crippen LogP contribution is -1.92. The second kappa shape index (κ2) is 4.61. The molecule has 3 heteroatoms. The summed E-state index contributed by atoms with van der Waals surface area (Å²) in [5, 5.41) is 11.0. The Kier molecular flexibility index (Phi) is 3.19. The minimum Gasteiger partial charge on any atom is -0.392 e. The van der Waals surface area contributed by atoms with Gasteiger partial charge in [0.15, 0.2) is 0 Å². The van der Waals surface area contributed by atoms with E-state index in [2.05, 4.69) is 11.8 Å². The van der Waals surface area contributed by atoms with Crippen LogP contribution in [0.5, 0.6) is 0 Å². The maximum absolute atomic E-state index is 9.26. The lowest BCUT2D eigenvalue weighted by molar-refractivity contribution is 0.283. The van der Waals surface area contributed by atoms with Crippen molar-refractivity contribution >= 4 is 22.5 Å². The number of nitrogens with zero attached hydrogens (tertiary/aromatic N) is 1. The number of hydrogen-bond donors (Lipinski definition) is 1. The number of aliphatic hydroxyl groups excluding tert-OH is 1. The molecule has 0 saturated heterocycles. The zero-order valence-electron chi connectivity index (χ0n) is 9.00. The Hall–Kier alpha value is -1.43. The fraction of sp³-hybridized carbons (Fsp3) is 0.231. The molecular weight excluding hydrogens is 222 g/mol. The Morgan fingerprint density at radius 1 is 1.44 bits per heavy atom. The Morgan fingerprint density at radius 2 is 2.25 bits per heavy atom. The van der Waals surface area contributed by atoms with Gasteiger partial charge in [-0.1, -0.05) is 23.6 Å². The predicted molar refractivity (Wildman–Crippen MR) is 66.3 cm³/mol. The van der Waals surface area contributed by atoms with E-state index in [1.807, 2.05) is 35.9 Å². The fourth-order valence-corrected chi connectivity index (χ4v) is 1.93. The average molecular weight is 234 g/mol. The molecule has 0 bridgehead atoms. The summed E-state index contributed by atoms with van der Waals surface area (Å²) in [5.74, 6) is 5.86. The largest absolute Gasteiger partial charge is 0.392 e. The lowest BCUT2D eigenvalue weighted by atomic mass is 10.2. The van der Waals surface area contributed by atoms with Gasteiger partial charge in [0.1, 0.15) is 0 Å². The maximum atomic E-state index is 9.26. The third kappa shape index (κ3) is 1.92. The Balaban J connectivity index is 2.62. The van der Waals surface area contributed by atoms with Crippen molar-refractivity contribution in [2.24, 2.45) is 0 Å². The molecular formula is C13H12ClNO. The number of benzene rings is 1. The highest BCUT2D eigenvalue weighted by Gasteiger charge is 2.07. The van der Waals surface area contributed by atoms with Crippen molar-refractivity contribution in [2.45, 2.75) is 20.1 Å². The fourth-order valence-electron chi connectivity index (χ4n) is 1.76. The molecule has 0 amide bonds. The molecule has 0 atom stereocenters. The first-order chi connectivity index (χ1) is 7.76. The van der Waals surface area contributed by atoms with Gasteiger partial charge in [-0.05, 0) is 19.1 Å². The summed E-state index contributed by atoms with van der Waals surface area (Å²) in [5.41, 5.74) is 1.92. The molecule has 0 radical (unpaired) electrons. The van der Waals surface area contributed by atoms with E-state index >= 15 is 0 Å². The normalized spacial score (nSPS) is 10.2. The summed E-state index contributed by atoms with van der Waals surface area (Å²) in [6.45, 7) is 2.46. The summed E-state index contributed by atoms with van der Waals surface area (Å²) in [6.07, 6.45) is 1.92. The Morgan fingerprint density at radius 3 is 2.94 bits per heavy atom. The number of aromatic nitrogens is 1. The Labute approximate surface area is 99.5 Å². The summed E-state index contributed by atoms with van der Waals surface area (Å²) in [7, 11) is 0. The number of aliphatic hydroxyl groups is 1. The van der Waals surface area contributed by atoms with E-state index in [0.717, 1.165) is 16.5 Å². The number of fused-ring (bicyclic) bond motifs is 1. The first-order valence-electron chi connectivity index (χ1n) is 5.04. The highest BCUT2D eigenvalue weighted by molar-refractivity contribution is 6.31. The van der Waals surface area contributed by atoms with Gasteiger partial charge in [0.25, 0.3) is 0 Å². The molecule has 0 aliphatic carbocycles. The molecule has 0 unspecified atom stereocenters. The van der Waals surface area contributed by atoms with Crippen molar-refractivity contribution in [1.82, 2.24) is 4.57 Å². The second-order valence-electron chi connectivity index (χ2n) is 3.53. The van der Waals surface area contributed by atoms with Crippen LogP contribution in [0.2, 0.25) is 5.02 Å². The van der Waals surface area contributed by atoms with Crippen molar-refractivity contribution in [3.63, 3.8) is 0 Å². The molecule has 0 aliphatic rings. The van der Waals surface area contributed by atoms with Crippen molar-refractivity contribution in [3.8, 4) is 11.8 Å². The van der Waals surface area contributed by atoms with E-state index in [1.165, 1.54) is 0 Å². The predicted octanol–water partition coefficient (Wildman–Crippen LogP) is 2.81. The maximum Gasteiger partial charge on any atom is 0.0837 e. The molecule has 0 saturated carbocycles. The van der Waals surface area contributed by atoms with Crippen molar-refractivity contribution in [2.75, 3.05) is 0 Å². The second-order valence-corrected chi connectivity index (χ2v) is 3.97. The van der Waals surface area contributed by atoms with E-state index in [4.69, 9.17) is 11.6 Å².